The van der Waals surface area contributed by atoms with Crippen molar-refractivity contribution >= 4 is 12.0 Å². The molecule has 2 heterocycles. The van der Waals surface area contributed by atoms with Crippen LogP contribution in [0, 0.1) is 11.3 Å². The second-order valence-electron chi connectivity index (χ2n) is 8.02. The van der Waals surface area contributed by atoms with Crippen LogP contribution in [0.3, 0.4) is 0 Å². The Bertz CT molecular complexity index is 703. The molecule has 1 amide bonds. The van der Waals surface area contributed by atoms with E-state index >= 15 is 0 Å². The average molecular weight is 367 g/mol. The minimum Gasteiger partial charge on any atom is -0.372 e. The number of carbonyl (C=O) groups is 1. The van der Waals surface area contributed by atoms with Crippen molar-refractivity contribution in [2.24, 2.45) is 0 Å². The molecule has 0 saturated carbocycles. The van der Waals surface area contributed by atoms with E-state index in [2.05, 4.69) is 44.2 Å². The maximum absolute atomic E-state index is 12.8. The minimum absolute atomic E-state index is 0.0184. The first kappa shape index (κ1) is 19.6. The normalized spacial score (nSPS) is 25.9. The molecule has 1 aromatic rings. The van der Waals surface area contributed by atoms with Crippen molar-refractivity contribution < 1.29 is 9.53 Å². The van der Waals surface area contributed by atoms with E-state index in [-0.39, 0.29) is 5.91 Å². The molecule has 2 unspecified atom stereocenters. The van der Waals surface area contributed by atoms with E-state index in [1.807, 2.05) is 12.2 Å². The molecule has 27 heavy (non-hydrogen) atoms. The van der Waals surface area contributed by atoms with Gasteiger partial charge in [-0.1, -0.05) is 50.3 Å². The third-order valence-electron chi connectivity index (χ3n) is 5.84. The molecule has 4 heteroatoms. The standard InChI is InChI=1S/C23H30N2O2/c1-18(2)20-11-9-19(10-12-20)7-5-8-22(26)25-15-6-14-23(21(25)17-24)13-3-4-16-27-23/h5,7,9-12,18,21H,3-4,6,8,13-16H2,1-2H3/b7-5+. The van der Waals surface area contributed by atoms with Crippen LogP contribution < -0.4 is 0 Å². The molecule has 0 N–H and O–H groups in total. The Morgan fingerprint density at radius 1 is 1.30 bits per heavy atom. The summed E-state index contributed by atoms with van der Waals surface area (Å²) >= 11 is 0. The third kappa shape index (κ3) is 4.42. The molecule has 2 atom stereocenters. The zero-order valence-corrected chi connectivity index (χ0v) is 16.5. The molecule has 4 nitrogen and oxygen atoms in total. The van der Waals surface area contributed by atoms with Crippen LogP contribution in [0.2, 0.25) is 0 Å². The summed E-state index contributed by atoms with van der Waals surface area (Å²) in [7, 11) is 0. The van der Waals surface area contributed by atoms with Gasteiger partial charge in [-0.05, 0) is 49.1 Å². The van der Waals surface area contributed by atoms with Crippen molar-refractivity contribution in [1.82, 2.24) is 4.90 Å². The molecule has 0 aromatic heterocycles. The van der Waals surface area contributed by atoms with Crippen LogP contribution in [0.15, 0.2) is 30.3 Å². The Balaban J connectivity index is 1.63. The summed E-state index contributed by atoms with van der Waals surface area (Å²) in [4.78, 5) is 14.5. The van der Waals surface area contributed by atoms with Crippen LogP contribution >= 0.6 is 0 Å². The quantitative estimate of drug-likeness (QED) is 0.778. The smallest absolute Gasteiger partial charge is 0.227 e. The van der Waals surface area contributed by atoms with Gasteiger partial charge in [0, 0.05) is 19.6 Å². The Morgan fingerprint density at radius 2 is 2.04 bits per heavy atom. The molecule has 1 aromatic carbocycles. The number of hydrogen-bond donors (Lipinski definition) is 0. The van der Waals surface area contributed by atoms with Crippen LogP contribution in [-0.4, -0.2) is 35.6 Å². The zero-order valence-electron chi connectivity index (χ0n) is 16.5. The monoisotopic (exact) mass is 366 g/mol. The highest BCUT2D eigenvalue weighted by Crippen LogP contribution is 2.38. The fourth-order valence-corrected chi connectivity index (χ4v) is 4.25. The largest absolute Gasteiger partial charge is 0.372 e. The van der Waals surface area contributed by atoms with Gasteiger partial charge in [0.15, 0.2) is 0 Å². The SMILES string of the molecule is CC(C)c1ccc(/C=C/CC(=O)N2CCCC3(CCCCO3)C2C#N)cc1. The lowest BCUT2D eigenvalue weighted by Crippen LogP contribution is -2.60. The maximum Gasteiger partial charge on any atom is 0.227 e. The summed E-state index contributed by atoms with van der Waals surface area (Å²) in [5, 5.41) is 9.76. The lowest BCUT2D eigenvalue weighted by molar-refractivity contribution is -0.158. The maximum atomic E-state index is 12.8. The van der Waals surface area contributed by atoms with Gasteiger partial charge in [-0.15, -0.1) is 0 Å². The summed E-state index contributed by atoms with van der Waals surface area (Å²) in [6, 6.07) is 10.3. The van der Waals surface area contributed by atoms with Crippen LogP contribution in [0.5, 0.6) is 0 Å². The number of nitrogens with zero attached hydrogens (tertiary/aromatic N) is 2. The van der Waals surface area contributed by atoms with Gasteiger partial charge in [0.1, 0.15) is 11.6 Å². The van der Waals surface area contributed by atoms with Gasteiger partial charge in [-0.2, -0.15) is 5.26 Å². The molecule has 0 radical (unpaired) electrons. The molecule has 2 aliphatic heterocycles. The summed E-state index contributed by atoms with van der Waals surface area (Å²) < 4.78 is 6.06. The average Bonchev–Trinajstić information content (AvgIpc) is 2.68. The van der Waals surface area contributed by atoms with E-state index in [1.54, 1.807) is 4.90 Å². The molecule has 2 saturated heterocycles. The van der Waals surface area contributed by atoms with Crippen molar-refractivity contribution in [2.45, 2.75) is 69.9 Å². The number of ether oxygens (including phenoxy) is 1. The van der Waals surface area contributed by atoms with Crippen molar-refractivity contribution in [2.75, 3.05) is 13.2 Å². The molecule has 0 aliphatic carbocycles. The molecule has 3 rings (SSSR count). The van der Waals surface area contributed by atoms with E-state index in [0.717, 1.165) is 37.7 Å². The highest BCUT2D eigenvalue weighted by molar-refractivity contribution is 5.79. The molecule has 1 spiro atoms. The number of likely N-dealkylation sites (tertiary alicyclic amines) is 1. The van der Waals surface area contributed by atoms with Gasteiger partial charge in [0.2, 0.25) is 5.91 Å². The highest BCUT2D eigenvalue weighted by Gasteiger charge is 2.48. The Morgan fingerprint density at radius 3 is 2.67 bits per heavy atom. The van der Waals surface area contributed by atoms with Crippen LogP contribution in [-0.2, 0) is 9.53 Å². The van der Waals surface area contributed by atoms with E-state index in [4.69, 9.17) is 4.74 Å². The predicted molar refractivity (Wildman–Crippen MR) is 107 cm³/mol. The number of piperidine rings is 1. The van der Waals surface area contributed by atoms with Crippen molar-refractivity contribution in [3.63, 3.8) is 0 Å². The van der Waals surface area contributed by atoms with Gasteiger partial charge < -0.3 is 9.64 Å². The topological polar surface area (TPSA) is 53.3 Å². The number of rotatable bonds is 4. The minimum atomic E-state index is -0.460. The molecule has 0 bridgehead atoms. The molecule has 144 valence electrons. The van der Waals surface area contributed by atoms with E-state index < -0.39 is 11.6 Å². The Kier molecular flexibility index (Phi) is 6.34. The zero-order chi connectivity index (χ0) is 19.3. The fraction of sp³-hybridized carbons (Fsp3) is 0.565. The van der Waals surface area contributed by atoms with Crippen LogP contribution in [0.25, 0.3) is 6.08 Å². The second kappa shape index (κ2) is 8.71. The van der Waals surface area contributed by atoms with E-state index in [9.17, 15) is 10.1 Å². The van der Waals surface area contributed by atoms with Crippen molar-refractivity contribution in [3.05, 3.63) is 41.5 Å². The van der Waals surface area contributed by atoms with E-state index in [1.165, 1.54) is 5.56 Å². The number of hydrogen-bond acceptors (Lipinski definition) is 3. The summed E-state index contributed by atoms with van der Waals surface area (Å²) in [5.74, 6) is 0.533. The highest BCUT2D eigenvalue weighted by atomic mass is 16.5. The van der Waals surface area contributed by atoms with Crippen molar-refractivity contribution in [3.8, 4) is 6.07 Å². The summed E-state index contributed by atoms with van der Waals surface area (Å²) in [6.45, 7) is 5.71. The Labute approximate surface area is 162 Å². The van der Waals surface area contributed by atoms with Crippen LogP contribution in [0.4, 0.5) is 0 Å². The molecular formula is C23H30N2O2. The molecule has 2 aliphatic rings. The molecular weight excluding hydrogens is 336 g/mol. The van der Waals surface area contributed by atoms with Crippen molar-refractivity contribution in [1.29, 1.82) is 5.26 Å². The van der Waals surface area contributed by atoms with Gasteiger partial charge in [0.05, 0.1) is 6.07 Å². The summed E-state index contributed by atoms with van der Waals surface area (Å²) in [6.07, 6.45) is 9.01. The molecule has 2 fully saturated rings. The first-order valence-corrected chi connectivity index (χ1v) is 10.2. The number of carbonyl (C=O) groups excluding carboxylic acids is 1. The number of benzene rings is 1. The second-order valence-corrected chi connectivity index (χ2v) is 8.02. The third-order valence-corrected chi connectivity index (χ3v) is 5.84. The number of nitriles is 1. The fourth-order valence-electron chi connectivity index (χ4n) is 4.25. The Hall–Kier alpha value is -2.12. The predicted octanol–water partition coefficient (Wildman–Crippen LogP) is 4.67. The van der Waals surface area contributed by atoms with E-state index in [0.29, 0.717) is 25.5 Å². The lowest BCUT2D eigenvalue weighted by atomic mass is 9.79. The first-order chi connectivity index (χ1) is 13.1. The number of amides is 1. The lowest BCUT2D eigenvalue weighted by Gasteiger charge is -2.48. The first-order valence-electron chi connectivity index (χ1n) is 10.2. The van der Waals surface area contributed by atoms with Gasteiger partial charge in [0.25, 0.3) is 0 Å². The van der Waals surface area contributed by atoms with Gasteiger partial charge >= 0.3 is 0 Å². The van der Waals surface area contributed by atoms with Gasteiger partial charge in [-0.3, -0.25) is 4.79 Å². The van der Waals surface area contributed by atoms with Gasteiger partial charge in [-0.25, -0.2) is 0 Å². The summed E-state index contributed by atoms with van der Waals surface area (Å²) in [5.41, 5.74) is 1.96. The van der Waals surface area contributed by atoms with Crippen LogP contribution in [0.1, 0.15) is 69.4 Å².